The van der Waals surface area contributed by atoms with Crippen LogP contribution < -0.4 is 10.1 Å². The van der Waals surface area contributed by atoms with E-state index in [0.717, 1.165) is 36.2 Å². The summed E-state index contributed by atoms with van der Waals surface area (Å²) < 4.78 is 27.7. The number of hydrogen-bond donors (Lipinski definition) is 1. The summed E-state index contributed by atoms with van der Waals surface area (Å²) in [6, 6.07) is 11.1. The molecule has 1 aromatic heterocycles. The summed E-state index contributed by atoms with van der Waals surface area (Å²) in [5.41, 5.74) is 2.72. The van der Waals surface area contributed by atoms with Gasteiger partial charge >= 0.3 is 5.97 Å². The van der Waals surface area contributed by atoms with Crippen LogP contribution in [0.15, 0.2) is 36.4 Å². The maximum absolute atomic E-state index is 15.1. The topological polar surface area (TPSA) is 65.4 Å². The molecule has 1 heterocycles. The van der Waals surface area contributed by atoms with Crippen LogP contribution in [0.2, 0.25) is 0 Å². The van der Waals surface area contributed by atoms with Gasteiger partial charge in [0.2, 0.25) is 5.95 Å². The molecule has 0 saturated heterocycles. The first-order valence-electron chi connectivity index (χ1n) is 12.4. The number of carbonyl (C=O) groups excluding carboxylic acids is 1. The zero-order valence-corrected chi connectivity index (χ0v) is 21.5. The molecule has 0 aliphatic heterocycles. The number of methoxy groups -OCH3 is 1. The van der Waals surface area contributed by atoms with Crippen molar-refractivity contribution in [2.75, 3.05) is 12.4 Å². The van der Waals surface area contributed by atoms with Crippen LogP contribution in [-0.2, 0) is 16.0 Å². The molecule has 0 bridgehead atoms. The lowest BCUT2D eigenvalue weighted by molar-refractivity contribution is -0.139. The minimum Gasteiger partial charge on any atom is -0.491 e. The van der Waals surface area contributed by atoms with Crippen molar-refractivity contribution in [3.05, 3.63) is 47.8 Å². The van der Waals surface area contributed by atoms with Crippen molar-refractivity contribution in [2.24, 2.45) is 11.3 Å². The van der Waals surface area contributed by atoms with E-state index < -0.39 is 11.8 Å². The molecule has 0 amide bonds. The van der Waals surface area contributed by atoms with Crippen LogP contribution in [0.25, 0.3) is 11.0 Å². The quantitative estimate of drug-likeness (QED) is 0.376. The molecule has 1 fully saturated rings. The van der Waals surface area contributed by atoms with Gasteiger partial charge in [-0.15, -0.1) is 0 Å². The first kappa shape index (κ1) is 25.0. The van der Waals surface area contributed by atoms with E-state index in [1.807, 2.05) is 38.1 Å². The fraction of sp³-hybridized carbons (Fsp3) is 0.500. The second kappa shape index (κ2) is 9.88. The van der Waals surface area contributed by atoms with Crippen molar-refractivity contribution >= 4 is 28.6 Å². The number of carbonyl (C=O) groups is 1. The van der Waals surface area contributed by atoms with Gasteiger partial charge in [0.05, 0.1) is 30.7 Å². The average Bonchev–Trinajstić information content (AvgIpc) is 3.10. The van der Waals surface area contributed by atoms with Crippen LogP contribution in [0.1, 0.15) is 65.5 Å². The Balaban J connectivity index is 1.76. The number of imidazole rings is 1. The molecule has 0 spiro atoms. The fourth-order valence-electron chi connectivity index (χ4n) is 5.49. The number of nitrogens with one attached hydrogen (secondary N) is 1. The van der Waals surface area contributed by atoms with Crippen LogP contribution in [0.5, 0.6) is 5.75 Å². The molecule has 0 unspecified atom stereocenters. The molecule has 1 aliphatic carbocycles. The minimum atomic E-state index is -0.479. The van der Waals surface area contributed by atoms with E-state index in [1.54, 1.807) is 6.07 Å². The van der Waals surface area contributed by atoms with Crippen molar-refractivity contribution in [2.45, 2.75) is 72.4 Å². The van der Waals surface area contributed by atoms with Crippen molar-refractivity contribution in [3.63, 3.8) is 0 Å². The van der Waals surface area contributed by atoms with Crippen LogP contribution in [0.4, 0.5) is 16.0 Å². The first-order chi connectivity index (χ1) is 16.5. The standard InChI is InChI=1S/C28H36FN3O3/c1-17(2)35-22-9-7-20(8-10-22)30-27-31-24-12-19(13-26(33)34-6)23(29)14-25(24)32(27)21-11-18(3)15-28(4,5)16-21/h7-10,12,14,17-18,21H,11,13,15-16H2,1-6H3,(H,30,31)/t18-,21+/m0/s1. The van der Waals surface area contributed by atoms with Crippen LogP contribution in [0, 0.1) is 17.2 Å². The third-order valence-electron chi connectivity index (χ3n) is 6.63. The molecule has 4 rings (SSSR count). The lowest BCUT2D eigenvalue weighted by Crippen LogP contribution is -2.29. The highest BCUT2D eigenvalue weighted by Crippen LogP contribution is 2.46. The van der Waals surface area contributed by atoms with E-state index in [4.69, 9.17) is 14.5 Å². The highest BCUT2D eigenvalue weighted by atomic mass is 19.1. The van der Waals surface area contributed by atoms with Gasteiger partial charge in [0, 0.05) is 23.4 Å². The van der Waals surface area contributed by atoms with E-state index in [2.05, 4.69) is 30.7 Å². The molecule has 2 atom stereocenters. The maximum Gasteiger partial charge on any atom is 0.310 e. The third kappa shape index (κ3) is 5.77. The van der Waals surface area contributed by atoms with Gasteiger partial charge in [0.15, 0.2) is 0 Å². The van der Waals surface area contributed by atoms with Crippen molar-refractivity contribution < 1.29 is 18.7 Å². The summed E-state index contributed by atoms with van der Waals surface area (Å²) in [4.78, 5) is 16.7. The highest BCUT2D eigenvalue weighted by molar-refractivity contribution is 5.82. The van der Waals surface area contributed by atoms with Crippen LogP contribution >= 0.6 is 0 Å². The van der Waals surface area contributed by atoms with E-state index >= 15 is 4.39 Å². The molecule has 188 valence electrons. The molecule has 6 nitrogen and oxygen atoms in total. The predicted molar refractivity (Wildman–Crippen MR) is 137 cm³/mol. The van der Waals surface area contributed by atoms with Gasteiger partial charge in [-0.05, 0) is 74.8 Å². The number of fused-ring (bicyclic) bond motifs is 1. The SMILES string of the molecule is COC(=O)Cc1cc2nc(Nc3ccc(OC(C)C)cc3)n([C@@H]3C[C@H](C)CC(C)(C)C3)c2cc1F. The molecule has 7 heteroatoms. The van der Waals surface area contributed by atoms with Gasteiger partial charge in [-0.2, -0.15) is 0 Å². The predicted octanol–water partition coefficient (Wildman–Crippen LogP) is 6.81. The monoisotopic (exact) mass is 481 g/mol. The van der Waals surface area contributed by atoms with Gasteiger partial charge in [-0.1, -0.05) is 20.8 Å². The molecule has 3 aromatic rings. The number of nitrogens with zero attached hydrogens (tertiary/aromatic N) is 2. The van der Waals surface area contributed by atoms with Crippen molar-refractivity contribution in [1.82, 2.24) is 9.55 Å². The maximum atomic E-state index is 15.1. The van der Waals surface area contributed by atoms with E-state index in [9.17, 15) is 4.79 Å². The molecular formula is C28H36FN3O3. The van der Waals surface area contributed by atoms with E-state index in [-0.39, 0.29) is 29.5 Å². The molecule has 1 N–H and O–H groups in total. The van der Waals surface area contributed by atoms with Gasteiger partial charge in [-0.3, -0.25) is 4.79 Å². The average molecular weight is 482 g/mol. The summed E-state index contributed by atoms with van der Waals surface area (Å²) in [5, 5.41) is 3.46. The molecule has 35 heavy (non-hydrogen) atoms. The Labute approximate surface area is 206 Å². The summed E-state index contributed by atoms with van der Waals surface area (Å²) in [6.07, 6.45) is 3.11. The summed E-state index contributed by atoms with van der Waals surface area (Å²) in [6.45, 7) is 10.9. The zero-order valence-electron chi connectivity index (χ0n) is 21.5. The molecule has 1 aliphatic rings. The number of halogens is 1. The first-order valence-corrected chi connectivity index (χ1v) is 12.4. The van der Waals surface area contributed by atoms with Gasteiger partial charge in [0.1, 0.15) is 11.6 Å². The van der Waals surface area contributed by atoms with Gasteiger partial charge in [-0.25, -0.2) is 9.37 Å². The second-order valence-corrected chi connectivity index (χ2v) is 10.9. The Morgan fingerprint density at radius 3 is 2.57 bits per heavy atom. The number of ether oxygens (including phenoxy) is 2. The largest absolute Gasteiger partial charge is 0.491 e. The minimum absolute atomic E-state index is 0.101. The van der Waals surface area contributed by atoms with Crippen molar-refractivity contribution in [3.8, 4) is 5.75 Å². The van der Waals surface area contributed by atoms with Crippen LogP contribution in [0.3, 0.4) is 0 Å². The summed E-state index contributed by atoms with van der Waals surface area (Å²) in [5.74, 6) is 1.12. The second-order valence-electron chi connectivity index (χ2n) is 10.9. The summed E-state index contributed by atoms with van der Waals surface area (Å²) >= 11 is 0. The van der Waals surface area contributed by atoms with Gasteiger partial charge in [0.25, 0.3) is 0 Å². The number of anilines is 2. The Kier molecular flexibility index (Phi) is 7.06. The zero-order chi connectivity index (χ0) is 25.3. The molecular weight excluding hydrogens is 445 g/mol. The molecule has 1 saturated carbocycles. The Hall–Kier alpha value is -3.09. The smallest absolute Gasteiger partial charge is 0.310 e. The Morgan fingerprint density at radius 2 is 1.94 bits per heavy atom. The normalized spacial score (nSPS) is 19.7. The Bertz CT molecular complexity index is 1200. The Morgan fingerprint density at radius 1 is 1.23 bits per heavy atom. The fourth-order valence-corrected chi connectivity index (χ4v) is 5.49. The number of aromatic nitrogens is 2. The summed E-state index contributed by atoms with van der Waals surface area (Å²) in [7, 11) is 1.30. The highest BCUT2D eigenvalue weighted by Gasteiger charge is 2.35. The van der Waals surface area contributed by atoms with Crippen molar-refractivity contribution in [1.29, 1.82) is 0 Å². The van der Waals surface area contributed by atoms with Crippen LogP contribution in [-0.4, -0.2) is 28.7 Å². The molecule has 2 aromatic carbocycles. The lowest BCUT2D eigenvalue weighted by Gasteiger charge is -2.40. The number of esters is 1. The number of rotatable bonds is 7. The van der Waals surface area contributed by atoms with E-state index in [1.165, 1.54) is 13.2 Å². The van der Waals surface area contributed by atoms with Gasteiger partial charge < -0.3 is 19.4 Å². The lowest BCUT2D eigenvalue weighted by atomic mass is 9.70. The third-order valence-corrected chi connectivity index (χ3v) is 6.63. The van der Waals surface area contributed by atoms with E-state index in [0.29, 0.717) is 17.4 Å². The number of hydrogen-bond acceptors (Lipinski definition) is 5. The molecule has 0 radical (unpaired) electrons. The number of benzene rings is 2.